The summed E-state index contributed by atoms with van der Waals surface area (Å²) >= 11 is 0. The number of hydrogen-bond acceptors (Lipinski definition) is 15. The van der Waals surface area contributed by atoms with Gasteiger partial charge in [-0.1, -0.05) is 76.8 Å². The Bertz CT molecular complexity index is 2900. The van der Waals surface area contributed by atoms with E-state index in [2.05, 4.69) is 37.9 Å². The zero-order chi connectivity index (χ0) is 38.8. The van der Waals surface area contributed by atoms with Gasteiger partial charge in [0.05, 0.1) is 10.6 Å². The van der Waals surface area contributed by atoms with Crippen molar-refractivity contribution in [2.75, 3.05) is 5.32 Å². The van der Waals surface area contributed by atoms with Crippen molar-refractivity contribution in [3.8, 4) is 5.75 Å². The van der Waals surface area contributed by atoms with Crippen molar-refractivity contribution >= 4 is 97.8 Å². The van der Waals surface area contributed by atoms with E-state index in [1.165, 1.54) is 6.07 Å². The number of phenols is 1. The van der Waals surface area contributed by atoms with E-state index in [-0.39, 0.29) is 79.1 Å². The number of aromatic hydroxyl groups is 1. The maximum absolute atomic E-state index is 12.2. The molecule has 0 radical (unpaired) electrons. The van der Waals surface area contributed by atoms with Crippen LogP contribution in [0.2, 0.25) is 0 Å². The van der Waals surface area contributed by atoms with Crippen LogP contribution in [0.1, 0.15) is 0 Å². The van der Waals surface area contributed by atoms with Crippen molar-refractivity contribution in [1.29, 1.82) is 0 Å². The summed E-state index contributed by atoms with van der Waals surface area (Å²) in [4.78, 5) is -0.425. The van der Waals surface area contributed by atoms with Crippen molar-refractivity contribution in [2.45, 2.75) is 4.90 Å². The summed E-state index contributed by atoms with van der Waals surface area (Å²) in [5, 5.41) is 35.1. The topological polar surface area (TPSA) is 241 Å². The van der Waals surface area contributed by atoms with Crippen LogP contribution in [-0.2, 0) is 31.3 Å². The van der Waals surface area contributed by atoms with Gasteiger partial charge in [-0.2, -0.15) is 56.9 Å². The van der Waals surface area contributed by atoms with Gasteiger partial charge in [-0.25, -0.2) is 8.42 Å². The molecule has 0 saturated carbocycles. The predicted octanol–water partition coefficient (Wildman–Crippen LogP) is -1.07. The monoisotopic (exact) mass is 801 g/mol. The maximum atomic E-state index is 12.2. The number of fused-ring (bicyclic) bond motifs is 3. The first kappa shape index (κ1) is 48.2. The van der Waals surface area contributed by atoms with Crippen LogP contribution in [-0.4, -0.2) is 43.3 Å². The van der Waals surface area contributed by atoms with E-state index in [4.69, 9.17) is 25.3 Å². The molecule has 7 aromatic carbocycles. The Balaban J connectivity index is 0.000000936. The third kappa shape index (κ3) is 13.0. The second-order valence-corrected chi connectivity index (χ2v) is 12.9. The molecule has 0 amide bonds. The van der Waals surface area contributed by atoms with Crippen LogP contribution in [0.15, 0.2) is 147 Å². The van der Waals surface area contributed by atoms with Crippen LogP contribution in [0.5, 0.6) is 5.75 Å². The average Bonchev–Trinajstić information content (AvgIpc) is 3.13. The number of anilines is 2. The van der Waals surface area contributed by atoms with Crippen LogP contribution in [0, 0.1) is 12.1 Å². The van der Waals surface area contributed by atoms with E-state index in [0.29, 0.717) is 32.9 Å². The van der Waals surface area contributed by atoms with Gasteiger partial charge in [0, 0.05) is 33.9 Å². The first-order valence-electron chi connectivity index (χ1n) is 15.1. The Morgan fingerprint density at radius 3 is 1.82 bits per heavy atom. The Morgan fingerprint density at radius 2 is 1.16 bits per heavy atom. The summed E-state index contributed by atoms with van der Waals surface area (Å²) < 4.78 is 87.3. The number of phenolic OH excluding ortho intramolecular Hbond substituents is 1. The van der Waals surface area contributed by atoms with Gasteiger partial charge in [0.15, 0.2) is 0 Å². The molecule has 15 nitrogen and oxygen atoms in total. The molecule has 0 heterocycles. The molecule has 0 bridgehead atoms. The molecule has 0 aliphatic heterocycles. The summed E-state index contributed by atoms with van der Waals surface area (Å²) in [6.07, 6.45) is 0. The fourth-order valence-corrected chi connectivity index (χ4v) is 6.06. The summed E-state index contributed by atoms with van der Waals surface area (Å²) in [7, 11) is -11.1. The molecule has 0 aromatic heterocycles. The van der Waals surface area contributed by atoms with Gasteiger partial charge in [0.25, 0.3) is 0 Å². The normalized spacial score (nSPS) is 10.6. The molecule has 272 valence electrons. The molecular weight excluding hydrogens is 779 g/mol. The van der Waals surface area contributed by atoms with Gasteiger partial charge in [-0.05, 0) is 41.8 Å². The molecule has 7 rings (SSSR count). The molecule has 0 aliphatic carbocycles. The smallest absolute Gasteiger partial charge is 0.744 e. The molecule has 0 saturated heterocycles. The number of hydrogen-bond donors (Lipinski definition) is 2. The first-order valence-corrected chi connectivity index (χ1v) is 18.5. The minimum absolute atomic E-state index is 0. The summed E-state index contributed by atoms with van der Waals surface area (Å²) in [5.41, 5.74) is 2.84. The second-order valence-electron chi connectivity index (χ2n) is 10.8. The number of para-hydroxylation sites is 1. The van der Waals surface area contributed by atoms with E-state index >= 15 is 0 Å². The number of nitrogens with one attached hydrogen (secondary N) is 1. The van der Waals surface area contributed by atoms with Crippen LogP contribution in [0.3, 0.4) is 0 Å². The predicted molar refractivity (Wildman–Crippen MR) is 197 cm³/mol. The standard InChI is InChI=1S/C36H23N5O4S.3Li.2O3S/c42-35-27-17-16-26(37-25-9-2-1-3-10-25)22-24(27)15-18-33(35)40-38-31-20-21-32(30-13-7-6-12-29(30)31)39-41-34-19-14-23-8-4-5-11-28(23)36(34)46(43,44)45;;;;2*1-4(2)3/h1-6,8-17,19-22,37,42H,(H,43,44,45);;;;;/q-2;3*+1;;/p-1. The van der Waals surface area contributed by atoms with Crippen LogP contribution in [0.25, 0.3) is 32.3 Å². The molecule has 0 spiro atoms. The Labute approximate surface area is 364 Å². The first-order chi connectivity index (χ1) is 25.8. The van der Waals surface area contributed by atoms with E-state index in [9.17, 15) is 18.1 Å². The Kier molecular flexibility index (Phi) is 18.7. The number of azo groups is 2. The zero-order valence-corrected chi connectivity index (χ0v) is 32.6. The SMILES string of the molecule is O=S(=O)([O-])c1c(N=Nc2ccc(N=Nc3[c-]cc4cc(Nc5ccccc5)ccc4c3O)c3cc[c-]cc23)ccc2ccccc12.O=S(=O)=O.O=S(=O)=O.[Li+].[Li+].[Li+]. The minimum atomic E-state index is -4.84. The second kappa shape index (κ2) is 22.1. The van der Waals surface area contributed by atoms with Crippen LogP contribution in [0.4, 0.5) is 34.1 Å². The van der Waals surface area contributed by atoms with Crippen LogP contribution >= 0.6 is 0 Å². The van der Waals surface area contributed by atoms with E-state index in [1.807, 2.05) is 48.5 Å². The third-order valence-electron chi connectivity index (χ3n) is 7.40. The minimum Gasteiger partial charge on any atom is -0.744 e. The van der Waals surface area contributed by atoms with Gasteiger partial charge in [0.1, 0.15) is 15.8 Å². The molecule has 0 fully saturated rings. The third-order valence-corrected chi connectivity index (χ3v) is 8.33. The molecule has 7 aromatic rings. The summed E-state index contributed by atoms with van der Waals surface area (Å²) in [6.45, 7) is 0. The molecule has 57 heavy (non-hydrogen) atoms. The quantitative estimate of drug-likeness (QED) is 0.0852. The van der Waals surface area contributed by atoms with Crippen molar-refractivity contribution in [3.05, 3.63) is 133 Å². The van der Waals surface area contributed by atoms with E-state index in [0.717, 1.165) is 16.8 Å². The van der Waals surface area contributed by atoms with E-state index in [1.54, 1.807) is 66.7 Å². The number of benzene rings is 7. The molecule has 21 heteroatoms. The average molecular weight is 802 g/mol. The fourth-order valence-electron chi connectivity index (χ4n) is 5.24. The van der Waals surface area contributed by atoms with Crippen molar-refractivity contribution in [1.82, 2.24) is 0 Å². The summed E-state index contributed by atoms with van der Waals surface area (Å²) in [6, 6.07) is 41.6. The van der Waals surface area contributed by atoms with Gasteiger partial charge in [-0.3, -0.25) is 0 Å². The van der Waals surface area contributed by atoms with Gasteiger partial charge in [0.2, 0.25) is 0 Å². The molecule has 2 N–H and O–H groups in total. The largest absolute Gasteiger partial charge is 1.00 e. The van der Waals surface area contributed by atoms with Crippen LogP contribution < -0.4 is 61.9 Å². The van der Waals surface area contributed by atoms with Gasteiger partial charge >= 0.3 is 77.8 Å². The Hall–Kier alpha value is -4.94. The molecule has 0 atom stereocenters. The molecular formula is C36H22Li3N5O10S3. The Morgan fingerprint density at radius 1 is 0.579 bits per heavy atom. The van der Waals surface area contributed by atoms with E-state index < -0.39 is 36.2 Å². The molecule has 0 unspecified atom stereocenters. The van der Waals surface area contributed by atoms with Crippen molar-refractivity contribution < 1.29 is 99.9 Å². The molecule has 0 aliphatic rings. The van der Waals surface area contributed by atoms with Crippen molar-refractivity contribution in [2.24, 2.45) is 20.5 Å². The summed E-state index contributed by atoms with van der Waals surface area (Å²) in [5.74, 6) is -0.0462. The van der Waals surface area contributed by atoms with Gasteiger partial charge in [-0.15, -0.1) is 30.6 Å². The number of nitrogens with zero attached hydrogens (tertiary/aromatic N) is 4. The fraction of sp³-hybridized carbons (Fsp3) is 0. The van der Waals surface area contributed by atoms with Gasteiger partial charge < -0.3 is 15.0 Å². The number of rotatable bonds is 7. The zero-order valence-electron chi connectivity index (χ0n) is 30.2. The maximum Gasteiger partial charge on any atom is 1.00 e. The van der Waals surface area contributed by atoms with Crippen molar-refractivity contribution in [3.63, 3.8) is 0 Å².